The zero-order chi connectivity index (χ0) is 13.1. The average molecular weight is 263 g/mol. The van der Waals surface area contributed by atoms with E-state index in [1.165, 1.54) is 32.2 Å². The first kappa shape index (κ1) is 14.1. The van der Waals surface area contributed by atoms with Crippen LogP contribution in [0.2, 0.25) is 0 Å². The Bertz CT molecular complexity index is 486. The number of halogens is 2. The monoisotopic (exact) mass is 263 g/mol. The lowest BCUT2D eigenvalue weighted by atomic mass is 10.1. The molecule has 1 rings (SSSR count). The summed E-state index contributed by atoms with van der Waals surface area (Å²) in [6, 6.07) is 4.93. The van der Waals surface area contributed by atoms with Gasteiger partial charge in [0.05, 0.1) is 17.2 Å². The molecule has 3 nitrogen and oxygen atoms in total. The van der Waals surface area contributed by atoms with Crippen LogP contribution in [-0.4, -0.2) is 27.8 Å². The molecule has 0 amide bonds. The van der Waals surface area contributed by atoms with Crippen molar-refractivity contribution in [2.24, 2.45) is 0 Å². The van der Waals surface area contributed by atoms with Crippen molar-refractivity contribution in [3.63, 3.8) is 0 Å². The van der Waals surface area contributed by atoms with Gasteiger partial charge in [-0.3, -0.25) is 0 Å². The number of hydrogen-bond donors (Lipinski definition) is 1. The van der Waals surface area contributed by atoms with Crippen LogP contribution >= 0.6 is 0 Å². The van der Waals surface area contributed by atoms with Crippen LogP contribution in [0.4, 0.5) is 8.78 Å². The van der Waals surface area contributed by atoms with Gasteiger partial charge in [-0.05, 0) is 19.2 Å². The molecule has 0 atom stereocenters. The summed E-state index contributed by atoms with van der Waals surface area (Å²) < 4.78 is 50.3. The fourth-order valence-electron chi connectivity index (χ4n) is 1.41. The van der Waals surface area contributed by atoms with Gasteiger partial charge in [0, 0.05) is 5.56 Å². The van der Waals surface area contributed by atoms with Gasteiger partial charge >= 0.3 is 0 Å². The number of benzene rings is 1. The first-order valence-corrected chi connectivity index (χ1v) is 6.84. The molecule has 17 heavy (non-hydrogen) atoms. The van der Waals surface area contributed by atoms with E-state index in [1.54, 1.807) is 0 Å². The van der Waals surface area contributed by atoms with E-state index in [0.717, 1.165) is 6.07 Å². The van der Waals surface area contributed by atoms with Crippen LogP contribution in [0.1, 0.15) is 12.5 Å². The van der Waals surface area contributed by atoms with Crippen molar-refractivity contribution in [3.05, 3.63) is 29.8 Å². The largest absolute Gasteiger partial charge is 0.314 e. The van der Waals surface area contributed by atoms with Gasteiger partial charge in [0.15, 0.2) is 9.84 Å². The van der Waals surface area contributed by atoms with Crippen LogP contribution in [0.15, 0.2) is 29.2 Å². The van der Waals surface area contributed by atoms with Crippen molar-refractivity contribution < 1.29 is 17.2 Å². The summed E-state index contributed by atoms with van der Waals surface area (Å²) in [6.07, 6.45) is 0. The number of nitrogens with one attached hydrogen (secondary N) is 1. The maximum Gasteiger partial charge on any atom is 0.285 e. The third kappa shape index (κ3) is 3.23. The molecule has 0 saturated heterocycles. The maximum atomic E-state index is 13.6. The van der Waals surface area contributed by atoms with Crippen molar-refractivity contribution in [2.75, 3.05) is 19.3 Å². The Hall–Kier alpha value is -1.01. The lowest BCUT2D eigenvalue weighted by molar-refractivity contribution is -0.00145. The Morgan fingerprint density at radius 2 is 2.00 bits per heavy atom. The molecule has 96 valence electrons. The summed E-state index contributed by atoms with van der Waals surface area (Å²) in [6.45, 7) is 0.955. The highest BCUT2D eigenvalue weighted by molar-refractivity contribution is 7.91. The minimum atomic E-state index is -3.45. The van der Waals surface area contributed by atoms with E-state index >= 15 is 0 Å². The zero-order valence-electron chi connectivity index (χ0n) is 9.70. The Morgan fingerprint density at radius 1 is 1.35 bits per heavy atom. The Morgan fingerprint density at radius 3 is 2.53 bits per heavy atom. The maximum absolute atomic E-state index is 13.6. The van der Waals surface area contributed by atoms with Gasteiger partial charge in [0.1, 0.15) is 0 Å². The Balaban J connectivity index is 3.19. The summed E-state index contributed by atoms with van der Waals surface area (Å²) >= 11 is 0. The van der Waals surface area contributed by atoms with Crippen LogP contribution in [0.3, 0.4) is 0 Å². The molecular formula is C11H15F2NO2S. The van der Waals surface area contributed by atoms with Crippen LogP contribution in [-0.2, 0) is 15.8 Å². The molecular weight excluding hydrogens is 248 g/mol. The predicted molar refractivity (Wildman–Crippen MR) is 62.0 cm³/mol. The molecule has 1 N–H and O–H groups in total. The van der Waals surface area contributed by atoms with Crippen LogP contribution in [0, 0.1) is 0 Å². The lowest BCUT2D eigenvalue weighted by Gasteiger charge is -2.16. The van der Waals surface area contributed by atoms with Gasteiger partial charge in [-0.15, -0.1) is 0 Å². The Kier molecular flexibility index (Phi) is 4.21. The third-order valence-corrected chi connectivity index (χ3v) is 4.13. The highest BCUT2D eigenvalue weighted by atomic mass is 32.2. The molecule has 0 aliphatic carbocycles. The zero-order valence-corrected chi connectivity index (χ0v) is 10.5. The molecule has 0 unspecified atom stereocenters. The molecule has 0 aliphatic heterocycles. The minimum Gasteiger partial charge on any atom is -0.314 e. The van der Waals surface area contributed by atoms with E-state index in [0.29, 0.717) is 0 Å². The summed E-state index contributed by atoms with van der Waals surface area (Å²) in [4.78, 5) is -0.0618. The normalized spacial score (nSPS) is 12.7. The second-order valence-electron chi connectivity index (χ2n) is 3.67. The van der Waals surface area contributed by atoms with Gasteiger partial charge in [0.2, 0.25) is 0 Å². The smallest absolute Gasteiger partial charge is 0.285 e. The first-order chi connectivity index (χ1) is 7.83. The lowest BCUT2D eigenvalue weighted by Crippen LogP contribution is -2.28. The topological polar surface area (TPSA) is 46.2 Å². The van der Waals surface area contributed by atoms with Crippen molar-refractivity contribution in [2.45, 2.75) is 17.7 Å². The second kappa shape index (κ2) is 5.10. The molecule has 0 spiro atoms. The van der Waals surface area contributed by atoms with Gasteiger partial charge in [0.25, 0.3) is 5.92 Å². The van der Waals surface area contributed by atoms with Crippen molar-refractivity contribution in [3.8, 4) is 0 Å². The summed E-state index contributed by atoms with van der Waals surface area (Å²) in [5.41, 5.74) is -0.290. The SMILES string of the molecule is CCS(=O)(=O)c1cccc(C(F)(F)CNC)c1. The number of alkyl halides is 2. The summed E-state index contributed by atoms with van der Waals surface area (Å²) in [7, 11) is -2.03. The minimum absolute atomic E-state index is 0.0618. The first-order valence-electron chi connectivity index (χ1n) is 5.19. The van der Waals surface area contributed by atoms with Crippen molar-refractivity contribution >= 4 is 9.84 Å². The quantitative estimate of drug-likeness (QED) is 0.881. The molecule has 0 fully saturated rings. The average Bonchev–Trinajstić information content (AvgIpc) is 2.29. The van der Waals surface area contributed by atoms with E-state index in [4.69, 9.17) is 0 Å². The second-order valence-corrected chi connectivity index (χ2v) is 5.94. The number of sulfone groups is 1. The molecule has 0 saturated carbocycles. The molecule has 0 aliphatic rings. The van der Waals surface area contributed by atoms with Crippen molar-refractivity contribution in [1.82, 2.24) is 5.32 Å². The van der Waals surface area contributed by atoms with Crippen LogP contribution in [0.25, 0.3) is 0 Å². The summed E-state index contributed by atoms with van der Waals surface area (Å²) in [5, 5.41) is 2.38. The van der Waals surface area contributed by atoms with E-state index in [1.807, 2.05) is 0 Å². The van der Waals surface area contributed by atoms with Crippen LogP contribution < -0.4 is 5.32 Å². The third-order valence-electron chi connectivity index (χ3n) is 2.39. The van der Waals surface area contributed by atoms with E-state index in [-0.39, 0.29) is 16.2 Å². The van der Waals surface area contributed by atoms with Gasteiger partial charge in [-0.1, -0.05) is 19.1 Å². The molecule has 6 heteroatoms. The predicted octanol–water partition coefficient (Wildman–Crippen LogP) is 1.79. The van der Waals surface area contributed by atoms with Crippen LogP contribution in [0.5, 0.6) is 0 Å². The number of likely N-dealkylation sites (N-methyl/N-ethyl adjacent to an activating group) is 1. The molecule has 0 aromatic heterocycles. The number of rotatable bonds is 5. The standard InChI is InChI=1S/C11H15F2NO2S/c1-3-17(15,16)10-6-4-5-9(7-10)11(12,13)8-14-2/h4-7,14H,3,8H2,1-2H3. The van der Waals surface area contributed by atoms with Gasteiger partial charge < -0.3 is 5.32 Å². The van der Waals surface area contributed by atoms with Crippen molar-refractivity contribution in [1.29, 1.82) is 0 Å². The summed E-state index contributed by atoms with van der Waals surface area (Å²) in [5.74, 6) is -3.18. The highest BCUT2D eigenvalue weighted by Gasteiger charge is 2.31. The fraction of sp³-hybridized carbons (Fsp3) is 0.455. The molecule has 0 heterocycles. The number of hydrogen-bond acceptors (Lipinski definition) is 3. The molecule has 0 bridgehead atoms. The molecule has 0 radical (unpaired) electrons. The molecule has 1 aromatic carbocycles. The Labute approximate surface area is 99.8 Å². The highest BCUT2D eigenvalue weighted by Crippen LogP contribution is 2.28. The van der Waals surface area contributed by atoms with E-state index < -0.39 is 22.3 Å². The van der Waals surface area contributed by atoms with Gasteiger partial charge in [-0.2, -0.15) is 8.78 Å². The van der Waals surface area contributed by atoms with E-state index in [2.05, 4.69) is 5.32 Å². The molecule has 1 aromatic rings. The van der Waals surface area contributed by atoms with E-state index in [9.17, 15) is 17.2 Å². The fourth-order valence-corrected chi connectivity index (χ4v) is 2.33. The van der Waals surface area contributed by atoms with Gasteiger partial charge in [-0.25, -0.2) is 8.42 Å².